The van der Waals surface area contributed by atoms with Crippen molar-refractivity contribution in [3.8, 4) is 5.75 Å². The SMILES string of the molecule is COc1cc(S(=O)(=O)N(Cc2ccco2)Cc2cccs2)ccc1NC(C)=O. The molecule has 0 fully saturated rings. The molecule has 0 unspecified atom stereocenters. The zero-order valence-electron chi connectivity index (χ0n) is 15.4. The van der Waals surface area contributed by atoms with Gasteiger partial charge in [0, 0.05) is 24.4 Å². The lowest BCUT2D eigenvalue weighted by molar-refractivity contribution is -0.114. The van der Waals surface area contributed by atoms with Crippen molar-refractivity contribution in [2.24, 2.45) is 0 Å². The summed E-state index contributed by atoms with van der Waals surface area (Å²) in [5, 5.41) is 4.52. The number of carbonyl (C=O) groups is 1. The highest BCUT2D eigenvalue weighted by Crippen LogP contribution is 2.30. The Morgan fingerprint density at radius 1 is 1.21 bits per heavy atom. The van der Waals surface area contributed by atoms with Crippen molar-refractivity contribution in [3.05, 3.63) is 64.7 Å². The number of hydrogen-bond donors (Lipinski definition) is 1. The molecule has 0 bridgehead atoms. The van der Waals surface area contributed by atoms with E-state index in [0.29, 0.717) is 11.4 Å². The first-order valence-corrected chi connectivity index (χ1v) is 10.7. The van der Waals surface area contributed by atoms with Gasteiger partial charge in [-0.05, 0) is 35.7 Å². The molecule has 0 radical (unpaired) electrons. The normalized spacial score (nSPS) is 11.5. The summed E-state index contributed by atoms with van der Waals surface area (Å²) in [5.74, 6) is 0.540. The fourth-order valence-corrected chi connectivity index (χ4v) is 4.85. The number of ether oxygens (including phenoxy) is 1. The Balaban J connectivity index is 1.96. The highest BCUT2D eigenvalue weighted by molar-refractivity contribution is 7.89. The maximum atomic E-state index is 13.3. The Morgan fingerprint density at radius 3 is 2.64 bits per heavy atom. The third kappa shape index (κ3) is 4.61. The summed E-state index contributed by atoms with van der Waals surface area (Å²) in [7, 11) is -2.42. The molecule has 9 heteroatoms. The van der Waals surface area contributed by atoms with Crippen LogP contribution >= 0.6 is 11.3 Å². The van der Waals surface area contributed by atoms with Gasteiger partial charge in [0.2, 0.25) is 15.9 Å². The molecule has 28 heavy (non-hydrogen) atoms. The van der Waals surface area contributed by atoms with E-state index in [0.717, 1.165) is 4.88 Å². The predicted octanol–water partition coefficient (Wildman–Crippen LogP) is 3.70. The summed E-state index contributed by atoms with van der Waals surface area (Å²) in [6, 6.07) is 11.6. The number of hydrogen-bond acceptors (Lipinski definition) is 6. The average molecular weight is 421 g/mol. The molecule has 1 N–H and O–H groups in total. The van der Waals surface area contributed by atoms with Gasteiger partial charge in [-0.15, -0.1) is 11.3 Å². The van der Waals surface area contributed by atoms with E-state index in [1.165, 1.54) is 54.1 Å². The highest BCUT2D eigenvalue weighted by Gasteiger charge is 2.27. The number of rotatable bonds is 8. The van der Waals surface area contributed by atoms with Crippen LogP contribution in [0.25, 0.3) is 0 Å². The van der Waals surface area contributed by atoms with Gasteiger partial charge in [0.1, 0.15) is 11.5 Å². The van der Waals surface area contributed by atoms with Crippen LogP contribution in [-0.2, 0) is 27.9 Å². The minimum absolute atomic E-state index is 0.0709. The lowest BCUT2D eigenvalue weighted by Gasteiger charge is -2.21. The lowest BCUT2D eigenvalue weighted by atomic mass is 10.3. The van der Waals surface area contributed by atoms with Gasteiger partial charge < -0.3 is 14.5 Å². The maximum absolute atomic E-state index is 13.3. The van der Waals surface area contributed by atoms with Gasteiger partial charge >= 0.3 is 0 Å². The van der Waals surface area contributed by atoms with Crippen molar-refractivity contribution >= 4 is 33.0 Å². The second kappa shape index (κ2) is 8.59. The van der Waals surface area contributed by atoms with Crippen LogP contribution in [0.15, 0.2) is 63.4 Å². The first-order chi connectivity index (χ1) is 13.4. The van der Waals surface area contributed by atoms with Gasteiger partial charge in [-0.3, -0.25) is 4.79 Å². The molecule has 148 valence electrons. The van der Waals surface area contributed by atoms with Crippen molar-refractivity contribution in [1.29, 1.82) is 0 Å². The number of thiophene rings is 1. The third-order valence-electron chi connectivity index (χ3n) is 3.95. The number of anilines is 1. The lowest BCUT2D eigenvalue weighted by Crippen LogP contribution is -2.30. The number of sulfonamides is 1. The number of nitrogens with one attached hydrogen (secondary N) is 1. The van der Waals surface area contributed by atoms with Crippen molar-refractivity contribution in [1.82, 2.24) is 4.31 Å². The minimum atomic E-state index is -3.84. The van der Waals surface area contributed by atoms with Gasteiger partial charge in [0.25, 0.3) is 0 Å². The summed E-state index contributed by atoms with van der Waals surface area (Å²) < 4.78 is 38.6. The van der Waals surface area contributed by atoms with Gasteiger partial charge in [-0.2, -0.15) is 4.31 Å². The van der Waals surface area contributed by atoms with E-state index in [1.807, 2.05) is 17.5 Å². The third-order valence-corrected chi connectivity index (χ3v) is 6.59. The van der Waals surface area contributed by atoms with Crippen LogP contribution in [0.4, 0.5) is 5.69 Å². The molecule has 3 aromatic rings. The van der Waals surface area contributed by atoms with Crippen LogP contribution in [0.2, 0.25) is 0 Å². The number of nitrogens with zero attached hydrogens (tertiary/aromatic N) is 1. The van der Waals surface area contributed by atoms with E-state index in [9.17, 15) is 13.2 Å². The van der Waals surface area contributed by atoms with E-state index in [2.05, 4.69) is 5.32 Å². The maximum Gasteiger partial charge on any atom is 0.243 e. The number of benzene rings is 1. The number of methoxy groups -OCH3 is 1. The van der Waals surface area contributed by atoms with E-state index >= 15 is 0 Å². The van der Waals surface area contributed by atoms with Crippen LogP contribution in [0.5, 0.6) is 5.75 Å². The fraction of sp³-hybridized carbons (Fsp3) is 0.211. The molecule has 0 saturated heterocycles. The van der Waals surface area contributed by atoms with Gasteiger partial charge in [-0.25, -0.2) is 8.42 Å². The predicted molar refractivity (Wildman–Crippen MR) is 107 cm³/mol. The largest absolute Gasteiger partial charge is 0.495 e. The van der Waals surface area contributed by atoms with E-state index < -0.39 is 10.0 Å². The molecule has 0 spiro atoms. The smallest absolute Gasteiger partial charge is 0.243 e. The number of amides is 1. The molecular weight excluding hydrogens is 400 g/mol. The second-order valence-corrected chi connectivity index (χ2v) is 8.95. The van der Waals surface area contributed by atoms with E-state index in [1.54, 1.807) is 12.1 Å². The molecule has 7 nitrogen and oxygen atoms in total. The van der Waals surface area contributed by atoms with Crippen LogP contribution in [-0.4, -0.2) is 25.7 Å². The van der Waals surface area contributed by atoms with Gasteiger partial charge in [0.05, 0.1) is 30.5 Å². The average Bonchev–Trinajstić information content (AvgIpc) is 3.35. The second-order valence-electron chi connectivity index (χ2n) is 5.98. The van der Waals surface area contributed by atoms with Crippen molar-refractivity contribution < 1.29 is 22.4 Å². The zero-order valence-corrected chi connectivity index (χ0v) is 17.0. The van der Waals surface area contributed by atoms with Crippen molar-refractivity contribution in [2.45, 2.75) is 24.9 Å². The summed E-state index contributed by atoms with van der Waals surface area (Å²) in [6.07, 6.45) is 1.51. The molecule has 0 aliphatic heterocycles. The molecule has 3 rings (SSSR count). The summed E-state index contributed by atoms with van der Waals surface area (Å²) >= 11 is 1.48. The molecule has 0 atom stereocenters. The van der Waals surface area contributed by atoms with Crippen molar-refractivity contribution in [2.75, 3.05) is 12.4 Å². The molecule has 2 heterocycles. The van der Waals surface area contributed by atoms with Crippen LogP contribution in [0.1, 0.15) is 17.6 Å². The molecule has 2 aromatic heterocycles. The van der Waals surface area contributed by atoms with E-state index in [-0.39, 0.29) is 29.6 Å². The molecule has 1 amide bonds. The van der Waals surface area contributed by atoms with Crippen LogP contribution < -0.4 is 10.1 Å². The van der Waals surface area contributed by atoms with Crippen LogP contribution in [0.3, 0.4) is 0 Å². The molecular formula is C19H20N2O5S2. The first kappa shape index (κ1) is 20.1. The topological polar surface area (TPSA) is 88.8 Å². The molecule has 1 aromatic carbocycles. The minimum Gasteiger partial charge on any atom is -0.495 e. The molecule has 0 aliphatic carbocycles. The monoisotopic (exact) mass is 420 g/mol. The van der Waals surface area contributed by atoms with Crippen molar-refractivity contribution in [3.63, 3.8) is 0 Å². The van der Waals surface area contributed by atoms with Gasteiger partial charge in [-0.1, -0.05) is 6.07 Å². The Bertz CT molecular complexity index is 992. The first-order valence-electron chi connectivity index (χ1n) is 8.40. The van der Waals surface area contributed by atoms with E-state index in [4.69, 9.17) is 9.15 Å². The fourth-order valence-electron chi connectivity index (χ4n) is 2.65. The summed E-state index contributed by atoms with van der Waals surface area (Å²) in [4.78, 5) is 12.3. The Labute approximate surface area is 167 Å². The van der Waals surface area contributed by atoms with Crippen LogP contribution in [0, 0.1) is 0 Å². The zero-order chi connectivity index (χ0) is 20.1. The Kier molecular flexibility index (Phi) is 6.18. The summed E-state index contributed by atoms with van der Waals surface area (Å²) in [5.41, 5.74) is 0.407. The number of carbonyl (C=O) groups excluding carboxylic acids is 1. The highest BCUT2D eigenvalue weighted by atomic mass is 32.2. The number of furan rings is 1. The standard InChI is InChI=1S/C19H20N2O5S2/c1-14(22)20-18-8-7-17(11-19(18)25-2)28(23,24)21(12-15-5-3-9-26-15)13-16-6-4-10-27-16/h3-11H,12-13H2,1-2H3,(H,20,22). The Morgan fingerprint density at radius 2 is 2.04 bits per heavy atom. The summed E-state index contributed by atoms with van der Waals surface area (Å²) in [6.45, 7) is 1.69. The molecule has 0 aliphatic rings. The molecule has 0 saturated carbocycles. The quantitative estimate of drug-likeness (QED) is 0.600. The Hall–Kier alpha value is -2.62. The van der Waals surface area contributed by atoms with Gasteiger partial charge in [0.15, 0.2) is 0 Å².